The quantitative estimate of drug-likeness (QED) is 0.648. The highest BCUT2D eigenvalue weighted by atomic mass is 32.2. The maximum absolute atomic E-state index is 11.9. The molecule has 1 amide bonds. The van der Waals surface area contributed by atoms with Crippen molar-refractivity contribution in [1.29, 1.82) is 0 Å². The fourth-order valence-electron chi connectivity index (χ4n) is 1.45. The molecule has 1 aromatic carbocycles. The third-order valence-corrected chi connectivity index (χ3v) is 3.06. The number of amidine groups is 1. The summed E-state index contributed by atoms with van der Waals surface area (Å²) in [4.78, 5) is 26.9. The number of ether oxygens (including phenoxy) is 1. The standard InChI is InChI=1S/C12H12N2O3S/c1-8(15)17-10-4-2-3-9(7-10)11(16)14-12-13-5-6-18-12/h2-4,7H,5-6H2,1H3,(H,13,14,16). The van der Waals surface area contributed by atoms with Crippen molar-refractivity contribution in [2.75, 3.05) is 12.3 Å². The van der Waals surface area contributed by atoms with E-state index in [0.29, 0.717) is 16.5 Å². The first kappa shape index (κ1) is 12.6. The van der Waals surface area contributed by atoms with Crippen molar-refractivity contribution in [3.8, 4) is 5.75 Å². The third-order valence-electron chi connectivity index (χ3n) is 2.16. The minimum atomic E-state index is -0.414. The molecule has 0 bridgehead atoms. The van der Waals surface area contributed by atoms with E-state index in [4.69, 9.17) is 4.74 Å². The van der Waals surface area contributed by atoms with Crippen LogP contribution in [-0.4, -0.2) is 29.3 Å². The topological polar surface area (TPSA) is 67.8 Å². The van der Waals surface area contributed by atoms with Gasteiger partial charge in [-0.15, -0.1) is 0 Å². The van der Waals surface area contributed by atoms with Crippen molar-refractivity contribution in [3.05, 3.63) is 29.8 Å². The summed E-state index contributed by atoms with van der Waals surface area (Å²) in [5.41, 5.74) is 0.434. The number of amides is 1. The molecule has 0 radical (unpaired) electrons. The molecule has 0 saturated carbocycles. The van der Waals surface area contributed by atoms with Crippen molar-refractivity contribution in [3.63, 3.8) is 0 Å². The zero-order valence-electron chi connectivity index (χ0n) is 9.80. The molecule has 0 atom stereocenters. The number of esters is 1. The van der Waals surface area contributed by atoms with Gasteiger partial charge in [-0.3, -0.25) is 14.6 Å². The largest absolute Gasteiger partial charge is 0.427 e. The minimum absolute atomic E-state index is 0.253. The van der Waals surface area contributed by atoms with E-state index >= 15 is 0 Å². The van der Waals surface area contributed by atoms with Gasteiger partial charge < -0.3 is 10.1 Å². The number of nitrogens with one attached hydrogen (secondary N) is 1. The molecule has 5 nitrogen and oxygen atoms in total. The molecule has 1 aliphatic rings. The van der Waals surface area contributed by atoms with E-state index in [1.165, 1.54) is 24.8 Å². The molecule has 1 N–H and O–H groups in total. The maximum atomic E-state index is 11.9. The Morgan fingerprint density at radius 2 is 2.28 bits per heavy atom. The molecular formula is C12H12N2O3S. The molecule has 0 spiro atoms. The third kappa shape index (κ3) is 3.33. The first-order chi connectivity index (χ1) is 8.65. The molecule has 0 fully saturated rings. The molecule has 1 aromatic rings. The molecule has 0 aliphatic carbocycles. The molecule has 0 aromatic heterocycles. The lowest BCUT2D eigenvalue weighted by atomic mass is 10.2. The van der Waals surface area contributed by atoms with Crippen molar-refractivity contribution < 1.29 is 14.3 Å². The number of hydrogen-bond donors (Lipinski definition) is 1. The van der Waals surface area contributed by atoms with Crippen LogP contribution in [0.2, 0.25) is 0 Å². The number of thioether (sulfide) groups is 1. The van der Waals surface area contributed by atoms with Gasteiger partial charge in [0.25, 0.3) is 5.91 Å². The number of hydrogen-bond acceptors (Lipinski definition) is 5. The zero-order valence-corrected chi connectivity index (χ0v) is 10.6. The van der Waals surface area contributed by atoms with E-state index < -0.39 is 5.97 Å². The molecule has 0 unspecified atom stereocenters. The number of aliphatic imine (C=N–C) groups is 1. The Bertz CT molecular complexity index is 514. The van der Waals surface area contributed by atoms with Crippen LogP contribution in [0.3, 0.4) is 0 Å². The van der Waals surface area contributed by atoms with Crippen molar-refractivity contribution in [2.45, 2.75) is 6.92 Å². The number of benzene rings is 1. The van der Waals surface area contributed by atoms with Crippen molar-refractivity contribution in [2.24, 2.45) is 4.99 Å². The Morgan fingerprint density at radius 3 is 2.94 bits per heavy atom. The zero-order chi connectivity index (χ0) is 13.0. The van der Waals surface area contributed by atoms with Crippen LogP contribution in [0.25, 0.3) is 0 Å². The summed E-state index contributed by atoms with van der Waals surface area (Å²) in [6.45, 7) is 2.05. The second-order valence-electron chi connectivity index (χ2n) is 3.61. The van der Waals surface area contributed by atoms with Crippen molar-refractivity contribution >= 4 is 28.8 Å². The number of carbonyl (C=O) groups excluding carboxylic acids is 2. The summed E-state index contributed by atoms with van der Waals surface area (Å²) in [5, 5.41) is 3.35. The van der Waals surface area contributed by atoms with Gasteiger partial charge in [-0.05, 0) is 18.2 Å². The number of rotatable bonds is 2. The molecule has 1 heterocycles. The SMILES string of the molecule is CC(=O)Oc1cccc(C(=O)NC2=NCCS2)c1. The Kier molecular flexibility index (Phi) is 3.99. The average molecular weight is 264 g/mol. The fraction of sp³-hybridized carbons (Fsp3) is 0.250. The predicted octanol–water partition coefficient (Wildman–Crippen LogP) is 1.44. The molecular weight excluding hydrogens is 252 g/mol. The van der Waals surface area contributed by atoms with Gasteiger partial charge in [0.15, 0.2) is 5.17 Å². The van der Waals surface area contributed by atoms with Gasteiger partial charge in [0.05, 0.1) is 6.54 Å². The molecule has 18 heavy (non-hydrogen) atoms. The van der Waals surface area contributed by atoms with Crippen LogP contribution in [0.15, 0.2) is 29.3 Å². The lowest BCUT2D eigenvalue weighted by Gasteiger charge is -2.06. The fourth-order valence-corrected chi connectivity index (χ4v) is 2.17. The minimum Gasteiger partial charge on any atom is -0.427 e. The van der Waals surface area contributed by atoms with Crippen molar-refractivity contribution in [1.82, 2.24) is 5.32 Å². The Labute approximate surface area is 109 Å². The van der Waals surface area contributed by atoms with Crippen LogP contribution in [0.5, 0.6) is 5.75 Å². The van der Waals surface area contributed by atoms with Gasteiger partial charge in [0.1, 0.15) is 5.75 Å². The first-order valence-electron chi connectivity index (χ1n) is 5.42. The molecule has 2 rings (SSSR count). The van der Waals surface area contributed by atoms with E-state index in [9.17, 15) is 9.59 Å². The predicted molar refractivity (Wildman–Crippen MR) is 70.0 cm³/mol. The van der Waals surface area contributed by atoms with Gasteiger partial charge in [-0.1, -0.05) is 17.8 Å². The van der Waals surface area contributed by atoms with Crippen LogP contribution >= 0.6 is 11.8 Å². The summed E-state index contributed by atoms with van der Waals surface area (Å²) in [7, 11) is 0. The second kappa shape index (κ2) is 5.68. The monoisotopic (exact) mass is 264 g/mol. The summed E-state index contributed by atoms with van der Waals surface area (Å²) in [5.74, 6) is 0.583. The lowest BCUT2D eigenvalue weighted by Crippen LogP contribution is -2.27. The van der Waals surface area contributed by atoms with Crippen LogP contribution in [-0.2, 0) is 4.79 Å². The summed E-state index contributed by atoms with van der Waals surface area (Å²) < 4.78 is 4.92. The van der Waals surface area contributed by atoms with Crippen LogP contribution < -0.4 is 10.1 Å². The van der Waals surface area contributed by atoms with E-state index in [1.807, 2.05) is 0 Å². The number of nitrogens with zero attached hydrogens (tertiary/aromatic N) is 1. The Morgan fingerprint density at radius 1 is 1.44 bits per heavy atom. The second-order valence-corrected chi connectivity index (χ2v) is 4.69. The van der Waals surface area contributed by atoms with E-state index in [2.05, 4.69) is 10.3 Å². The maximum Gasteiger partial charge on any atom is 0.308 e. The highest BCUT2D eigenvalue weighted by Gasteiger charge is 2.13. The average Bonchev–Trinajstić information content (AvgIpc) is 2.81. The van der Waals surface area contributed by atoms with E-state index in [-0.39, 0.29) is 5.91 Å². The summed E-state index contributed by atoms with van der Waals surface area (Å²) >= 11 is 1.51. The highest BCUT2D eigenvalue weighted by molar-refractivity contribution is 8.14. The Balaban J connectivity index is 2.07. The van der Waals surface area contributed by atoms with Gasteiger partial charge >= 0.3 is 5.97 Å². The van der Waals surface area contributed by atoms with Gasteiger partial charge in [0, 0.05) is 18.2 Å². The van der Waals surface area contributed by atoms with Crippen LogP contribution in [0.4, 0.5) is 0 Å². The highest BCUT2D eigenvalue weighted by Crippen LogP contribution is 2.15. The first-order valence-corrected chi connectivity index (χ1v) is 6.41. The normalized spacial score (nSPS) is 13.9. The molecule has 0 saturated heterocycles. The van der Waals surface area contributed by atoms with Gasteiger partial charge in [-0.2, -0.15) is 0 Å². The molecule has 94 valence electrons. The van der Waals surface area contributed by atoms with E-state index in [0.717, 1.165) is 12.3 Å². The molecule has 6 heteroatoms. The van der Waals surface area contributed by atoms with Gasteiger partial charge in [-0.25, -0.2) is 0 Å². The number of carbonyl (C=O) groups is 2. The Hall–Kier alpha value is -1.82. The van der Waals surface area contributed by atoms with Crippen LogP contribution in [0, 0.1) is 0 Å². The molecule has 1 aliphatic heterocycles. The van der Waals surface area contributed by atoms with Gasteiger partial charge in [0.2, 0.25) is 0 Å². The summed E-state index contributed by atoms with van der Waals surface area (Å²) in [6, 6.07) is 6.47. The smallest absolute Gasteiger partial charge is 0.308 e. The van der Waals surface area contributed by atoms with Crippen LogP contribution in [0.1, 0.15) is 17.3 Å². The summed E-state index contributed by atoms with van der Waals surface area (Å²) in [6.07, 6.45) is 0. The lowest BCUT2D eigenvalue weighted by molar-refractivity contribution is -0.131. The van der Waals surface area contributed by atoms with E-state index in [1.54, 1.807) is 18.2 Å².